The van der Waals surface area contributed by atoms with Gasteiger partial charge in [0.05, 0.1) is 19.8 Å². The third-order valence-corrected chi connectivity index (χ3v) is 10.5. The monoisotopic (exact) mass is 765 g/mol. The molecule has 310 valence electrons. The van der Waals surface area contributed by atoms with Gasteiger partial charge in [-0.2, -0.15) is 0 Å². The van der Waals surface area contributed by atoms with Gasteiger partial charge in [0.25, 0.3) is 0 Å². The molecule has 0 heterocycles. The van der Waals surface area contributed by atoms with Crippen LogP contribution in [0.5, 0.6) is 0 Å². The number of hydrogen-bond donors (Lipinski definition) is 3. The lowest BCUT2D eigenvalue weighted by atomic mass is 10.0. The van der Waals surface area contributed by atoms with Crippen LogP contribution in [0.4, 0.5) is 0 Å². The smallest absolute Gasteiger partial charge is 0.462 e. The zero-order valence-electron chi connectivity index (χ0n) is 33.6. The zero-order chi connectivity index (χ0) is 38.4. The van der Waals surface area contributed by atoms with Crippen LogP contribution in [0.15, 0.2) is 0 Å². The van der Waals surface area contributed by atoms with Gasteiger partial charge in [0, 0.05) is 13.3 Å². The number of aliphatic hydroxyl groups is 2. The topological polar surface area (TPSA) is 149 Å². The fourth-order valence-corrected chi connectivity index (χ4v) is 7.14. The second-order valence-corrected chi connectivity index (χ2v) is 16.3. The van der Waals surface area contributed by atoms with Crippen molar-refractivity contribution < 1.29 is 47.8 Å². The second-order valence-electron chi connectivity index (χ2n) is 14.8. The molecular weight excluding hydrogens is 683 g/mol. The first-order valence-electron chi connectivity index (χ1n) is 21.4. The highest BCUT2D eigenvalue weighted by molar-refractivity contribution is 7.47. The molecule has 0 aliphatic heterocycles. The van der Waals surface area contributed by atoms with Gasteiger partial charge < -0.3 is 24.6 Å². The Balaban J connectivity index is 3.48. The lowest BCUT2D eigenvalue weighted by Gasteiger charge is -2.19. The van der Waals surface area contributed by atoms with Gasteiger partial charge >= 0.3 is 19.8 Å². The van der Waals surface area contributed by atoms with Gasteiger partial charge in [0.15, 0.2) is 6.10 Å². The van der Waals surface area contributed by atoms with Crippen LogP contribution in [-0.2, 0) is 32.7 Å². The Morgan fingerprint density at radius 3 is 1.19 bits per heavy atom. The average Bonchev–Trinajstić information content (AvgIpc) is 3.12. The summed E-state index contributed by atoms with van der Waals surface area (Å²) in [4.78, 5) is 33.1. The van der Waals surface area contributed by atoms with Crippen LogP contribution in [0.25, 0.3) is 0 Å². The Morgan fingerprint density at radius 2 is 0.865 bits per heavy atom. The van der Waals surface area contributed by atoms with Gasteiger partial charge in [-0.3, -0.25) is 18.6 Å². The molecule has 0 rings (SSSR count). The summed E-state index contributed by atoms with van der Waals surface area (Å²) >= 11 is 0. The van der Waals surface area contributed by atoms with Gasteiger partial charge in [0.2, 0.25) is 0 Å². The van der Waals surface area contributed by atoms with Crippen molar-refractivity contribution in [2.45, 2.75) is 225 Å². The number of unbranched alkanes of at least 4 members (excludes halogenated alkanes) is 29. The second kappa shape index (κ2) is 38.3. The first-order valence-corrected chi connectivity index (χ1v) is 22.9. The van der Waals surface area contributed by atoms with Crippen molar-refractivity contribution >= 4 is 19.8 Å². The van der Waals surface area contributed by atoms with Crippen LogP contribution in [0, 0.1) is 0 Å². The molecule has 0 saturated carbocycles. The Kier molecular flexibility index (Phi) is 37.5. The maximum Gasteiger partial charge on any atom is 0.472 e. The minimum Gasteiger partial charge on any atom is -0.462 e. The van der Waals surface area contributed by atoms with E-state index in [1.807, 2.05) is 0 Å². The molecule has 0 bridgehead atoms. The molecule has 10 nitrogen and oxygen atoms in total. The third kappa shape index (κ3) is 38.7. The van der Waals surface area contributed by atoms with Gasteiger partial charge in [-0.05, 0) is 6.42 Å². The third-order valence-electron chi connectivity index (χ3n) is 9.56. The molecule has 3 atom stereocenters. The molecule has 0 spiro atoms. The number of carbonyl (C=O) groups excluding carboxylic acids is 2. The number of carbonyl (C=O) groups is 2. The van der Waals surface area contributed by atoms with Gasteiger partial charge in [0.1, 0.15) is 12.7 Å². The molecule has 0 radical (unpaired) electrons. The number of hydrogen-bond acceptors (Lipinski definition) is 9. The molecule has 0 aliphatic carbocycles. The van der Waals surface area contributed by atoms with Gasteiger partial charge in [-0.25, -0.2) is 4.57 Å². The molecule has 0 aromatic carbocycles. The summed E-state index contributed by atoms with van der Waals surface area (Å²) in [7, 11) is -4.56. The minimum atomic E-state index is -4.56. The standard InChI is InChI=1S/C41H81O10P/c1-3-4-5-6-7-8-9-10-11-12-13-14-15-16-17-18-19-20-21-22-23-24-25-26-27-28-29-30-31-32-33-41(45)48-36-40(51-38(2)43)37-50-52(46,47)49-35-39(44)34-42/h39-40,42,44H,3-37H2,1-2H3,(H,46,47)/t39-,40+/m0/s1. The van der Waals surface area contributed by atoms with E-state index >= 15 is 0 Å². The van der Waals surface area contributed by atoms with E-state index in [4.69, 9.17) is 19.1 Å². The quantitative estimate of drug-likeness (QED) is 0.0312. The van der Waals surface area contributed by atoms with Crippen molar-refractivity contribution in [2.75, 3.05) is 26.4 Å². The number of aliphatic hydroxyl groups excluding tert-OH is 2. The summed E-state index contributed by atoms with van der Waals surface area (Å²) in [5.74, 6) is -1.10. The average molecular weight is 765 g/mol. The number of phosphoric acid groups is 1. The first kappa shape index (κ1) is 51.0. The van der Waals surface area contributed by atoms with Crippen LogP contribution in [0.2, 0.25) is 0 Å². The zero-order valence-corrected chi connectivity index (χ0v) is 34.4. The normalized spacial score (nSPS) is 13.9. The van der Waals surface area contributed by atoms with Crippen LogP contribution >= 0.6 is 7.82 Å². The van der Waals surface area contributed by atoms with Crippen molar-refractivity contribution in [1.82, 2.24) is 0 Å². The Morgan fingerprint density at radius 1 is 0.538 bits per heavy atom. The minimum absolute atomic E-state index is 0.244. The van der Waals surface area contributed by atoms with Crippen LogP contribution in [0.1, 0.15) is 213 Å². The van der Waals surface area contributed by atoms with E-state index in [0.717, 1.165) is 19.8 Å². The molecule has 3 N–H and O–H groups in total. The highest BCUT2D eigenvalue weighted by Crippen LogP contribution is 2.43. The van der Waals surface area contributed by atoms with E-state index in [1.54, 1.807) is 0 Å². The molecule has 11 heteroatoms. The van der Waals surface area contributed by atoms with Gasteiger partial charge in [-0.1, -0.05) is 193 Å². The molecule has 0 fully saturated rings. The van der Waals surface area contributed by atoms with Crippen molar-refractivity contribution in [3.8, 4) is 0 Å². The van der Waals surface area contributed by atoms with Crippen molar-refractivity contribution in [3.63, 3.8) is 0 Å². The van der Waals surface area contributed by atoms with Crippen LogP contribution in [-0.4, -0.2) is 65.7 Å². The summed E-state index contributed by atoms with van der Waals surface area (Å²) in [6, 6.07) is 0. The molecule has 52 heavy (non-hydrogen) atoms. The van der Waals surface area contributed by atoms with Crippen molar-refractivity contribution in [3.05, 3.63) is 0 Å². The largest absolute Gasteiger partial charge is 0.472 e. The Labute approximate surface area is 318 Å². The fourth-order valence-electron chi connectivity index (χ4n) is 6.35. The van der Waals surface area contributed by atoms with Crippen LogP contribution < -0.4 is 0 Å². The fraction of sp³-hybridized carbons (Fsp3) is 0.951. The predicted octanol–water partition coefficient (Wildman–Crippen LogP) is 11.1. The summed E-state index contributed by atoms with van der Waals surface area (Å²) < 4.78 is 31.4. The lowest BCUT2D eigenvalue weighted by molar-refractivity contribution is -0.159. The molecule has 0 aromatic rings. The Bertz CT molecular complexity index is 842. The highest BCUT2D eigenvalue weighted by atomic mass is 31.2. The highest BCUT2D eigenvalue weighted by Gasteiger charge is 2.26. The van der Waals surface area contributed by atoms with E-state index in [2.05, 4.69) is 11.4 Å². The molecular formula is C41H81O10P. The van der Waals surface area contributed by atoms with E-state index < -0.39 is 51.8 Å². The maximum atomic E-state index is 12.1. The number of ether oxygens (including phenoxy) is 2. The van der Waals surface area contributed by atoms with Gasteiger partial charge in [-0.15, -0.1) is 0 Å². The van der Waals surface area contributed by atoms with E-state index in [9.17, 15) is 24.2 Å². The number of rotatable bonds is 41. The number of esters is 2. The Hall–Kier alpha value is -1.03. The molecule has 1 unspecified atom stereocenters. The molecule has 0 aromatic heterocycles. The van der Waals surface area contributed by atoms with Crippen molar-refractivity contribution in [2.24, 2.45) is 0 Å². The first-order chi connectivity index (χ1) is 25.2. The van der Waals surface area contributed by atoms with E-state index in [1.165, 1.54) is 173 Å². The summed E-state index contributed by atoms with van der Waals surface area (Å²) in [6.07, 6.45) is 38.2. The van der Waals surface area contributed by atoms with Crippen LogP contribution in [0.3, 0.4) is 0 Å². The molecule has 0 saturated heterocycles. The maximum absolute atomic E-state index is 12.1. The van der Waals surface area contributed by atoms with E-state index in [-0.39, 0.29) is 13.0 Å². The molecule has 0 aliphatic rings. The summed E-state index contributed by atoms with van der Waals surface area (Å²) in [5.41, 5.74) is 0. The predicted molar refractivity (Wildman–Crippen MR) is 210 cm³/mol. The number of phosphoric ester groups is 1. The summed E-state index contributed by atoms with van der Waals surface area (Å²) in [5, 5.41) is 18.0. The van der Waals surface area contributed by atoms with E-state index in [0.29, 0.717) is 6.42 Å². The summed E-state index contributed by atoms with van der Waals surface area (Å²) in [6.45, 7) is 1.32. The molecule has 0 amide bonds. The lowest BCUT2D eigenvalue weighted by Crippen LogP contribution is -2.29. The van der Waals surface area contributed by atoms with Crippen molar-refractivity contribution in [1.29, 1.82) is 0 Å². The SMILES string of the molecule is CCCCCCCCCCCCCCCCCCCCCCCCCCCCCCCCC(=O)OC[C@H](COP(=O)(O)OC[C@@H](O)CO)OC(C)=O.